The Kier molecular flexibility index (Phi) is 11.3. The van der Waals surface area contributed by atoms with Crippen molar-refractivity contribution in [3.63, 3.8) is 0 Å². The third kappa shape index (κ3) is 8.93. The van der Waals surface area contributed by atoms with Crippen LogP contribution in [-0.2, 0) is 4.79 Å². The van der Waals surface area contributed by atoms with Crippen LogP contribution in [0.4, 0.5) is 11.4 Å². The summed E-state index contributed by atoms with van der Waals surface area (Å²) < 4.78 is 0. The maximum atomic E-state index is 13.0. The Morgan fingerprint density at radius 1 is 0.816 bits per heavy atom. The minimum atomic E-state index is -0.238. The van der Waals surface area contributed by atoms with Gasteiger partial charge in [0.2, 0.25) is 5.91 Å². The number of thioether (sulfide) groups is 1. The number of carbonyl (C=O) groups excluding carboxylic acids is 3. The fourth-order valence-electron chi connectivity index (χ4n) is 4.23. The molecule has 3 unspecified atom stereocenters. The molecule has 3 amide bonds. The topological polar surface area (TPSA) is 183 Å². The van der Waals surface area contributed by atoms with Crippen molar-refractivity contribution in [2.24, 2.45) is 11.5 Å². The van der Waals surface area contributed by atoms with Gasteiger partial charge in [0, 0.05) is 78.2 Å². The minimum Gasteiger partial charge on any atom is -0.399 e. The Labute approximate surface area is 228 Å². The number of anilines is 2. The molecule has 1 aliphatic heterocycles. The molecule has 10 nitrogen and oxygen atoms in total. The second kappa shape index (κ2) is 14.6. The lowest BCUT2D eigenvalue weighted by Crippen LogP contribution is -2.43. The first kappa shape index (κ1) is 29.3. The molecular weight excluding hydrogens is 502 g/mol. The number of carbonyl (C=O) groups is 3. The fourth-order valence-corrected chi connectivity index (χ4v) is 5.68. The zero-order chi connectivity index (χ0) is 27.5. The van der Waals surface area contributed by atoms with Crippen molar-refractivity contribution in [2.45, 2.75) is 43.0 Å². The van der Waals surface area contributed by atoms with Gasteiger partial charge in [-0.15, -0.1) is 0 Å². The fraction of sp³-hybridized carbons (Fsp3) is 0.444. The predicted octanol–water partition coefficient (Wildman–Crippen LogP) is 1.17. The molecule has 1 heterocycles. The van der Waals surface area contributed by atoms with Crippen LogP contribution in [0.15, 0.2) is 48.5 Å². The van der Waals surface area contributed by atoms with Gasteiger partial charge in [-0.25, -0.2) is 0 Å². The van der Waals surface area contributed by atoms with Crippen molar-refractivity contribution in [3.8, 4) is 0 Å². The van der Waals surface area contributed by atoms with E-state index in [1.54, 1.807) is 53.4 Å². The third-order valence-electron chi connectivity index (χ3n) is 6.59. The summed E-state index contributed by atoms with van der Waals surface area (Å²) >= 11 is 1.81. The van der Waals surface area contributed by atoms with Crippen LogP contribution >= 0.6 is 11.8 Å². The molecule has 10 N–H and O–H groups in total. The first-order valence-corrected chi connectivity index (χ1v) is 14.0. The SMILES string of the molecule is Nc1ccc(C(=O)NCCN(CCNC(=O)c2ccc(N)cc2)C(=O)CCCCC2SCC(N)C2N)cc1. The Morgan fingerprint density at radius 3 is 1.76 bits per heavy atom. The first-order chi connectivity index (χ1) is 18.2. The highest BCUT2D eigenvalue weighted by molar-refractivity contribution is 8.00. The van der Waals surface area contributed by atoms with Crippen molar-refractivity contribution in [1.29, 1.82) is 0 Å². The largest absolute Gasteiger partial charge is 0.399 e. The molecule has 0 saturated carbocycles. The summed E-state index contributed by atoms with van der Waals surface area (Å²) in [6, 6.07) is 13.3. The Morgan fingerprint density at radius 2 is 1.32 bits per heavy atom. The van der Waals surface area contributed by atoms with Crippen LogP contribution in [0.3, 0.4) is 0 Å². The third-order valence-corrected chi connectivity index (χ3v) is 8.14. The molecule has 38 heavy (non-hydrogen) atoms. The van der Waals surface area contributed by atoms with Crippen molar-refractivity contribution in [2.75, 3.05) is 43.4 Å². The zero-order valence-electron chi connectivity index (χ0n) is 21.6. The zero-order valence-corrected chi connectivity index (χ0v) is 22.4. The quantitative estimate of drug-likeness (QED) is 0.161. The number of benzene rings is 2. The number of nitrogen functional groups attached to an aromatic ring is 2. The van der Waals surface area contributed by atoms with E-state index in [2.05, 4.69) is 10.6 Å². The molecule has 0 spiro atoms. The lowest BCUT2D eigenvalue weighted by molar-refractivity contribution is -0.131. The van der Waals surface area contributed by atoms with E-state index in [-0.39, 0.29) is 42.9 Å². The highest BCUT2D eigenvalue weighted by atomic mass is 32.2. The van der Waals surface area contributed by atoms with E-state index in [4.69, 9.17) is 22.9 Å². The number of nitrogens with two attached hydrogens (primary N) is 4. The number of nitrogens with one attached hydrogen (secondary N) is 2. The summed E-state index contributed by atoms with van der Waals surface area (Å²) in [5, 5.41) is 6.03. The summed E-state index contributed by atoms with van der Waals surface area (Å²) in [5.74, 6) is 0.381. The van der Waals surface area contributed by atoms with Gasteiger partial charge in [0.25, 0.3) is 11.8 Å². The number of hydrogen-bond acceptors (Lipinski definition) is 8. The van der Waals surface area contributed by atoms with Gasteiger partial charge >= 0.3 is 0 Å². The molecule has 0 aliphatic carbocycles. The van der Waals surface area contributed by atoms with Crippen molar-refractivity contribution in [3.05, 3.63) is 59.7 Å². The molecule has 0 aromatic heterocycles. The molecule has 3 rings (SSSR count). The van der Waals surface area contributed by atoms with Gasteiger partial charge in [0.05, 0.1) is 0 Å². The second-order valence-electron chi connectivity index (χ2n) is 9.50. The number of rotatable bonds is 13. The second-order valence-corrected chi connectivity index (χ2v) is 10.8. The normalized spacial score (nSPS) is 18.6. The number of amides is 3. The molecule has 2 aromatic carbocycles. The summed E-state index contributed by atoms with van der Waals surface area (Å²) in [5.41, 5.74) is 25.7. The van der Waals surface area contributed by atoms with Crippen LogP contribution in [0.25, 0.3) is 0 Å². The van der Waals surface area contributed by atoms with Gasteiger partial charge in [-0.1, -0.05) is 6.42 Å². The molecule has 206 valence electrons. The molecule has 3 atom stereocenters. The van der Waals surface area contributed by atoms with Crippen LogP contribution in [0.1, 0.15) is 46.4 Å². The molecule has 0 bridgehead atoms. The molecule has 0 radical (unpaired) electrons. The van der Waals surface area contributed by atoms with Gasteiger partial charge in [0.1, 0.15) is 0 Å². The molecule has 2 aromatic rings. The molecule has 1 saturated heterocycles. The van der Waals surface area contributed by atoms with Gasteiger partial charge < -0.3 is 38.5 Å². The van der Waals surface area contributed by atoms with Crippen LogP contribution in [-0.4, -0.2) is 71.9 Å². The van der Waals surface area contributed by atoms with Crippen molar-refractivity contribution < 1.29 is 14.4 Å². The van der Waals surface area contributed by atoms with Crippen LogP contribution in [0, 0.1) is 0 Å². The summed E-state index contributed by atoms with van der Waals surface area (Å²) in [4.78, 5) is 39.6. The summed E-state index contributed by atoms with van der Waals surface area (Å²) in [7, 11) is 0. The maximum absolute atomic E-state index is 13.0. The minimum absolute atomic E-state index is 0.00142. The van der Waals surface area contributed by atoms with E-state index in [1.165, 1.54) is 0 Å². The monoisotopic (exact) mass is 541 g/mol. The number of unbranched alkanes of at least 4 members (excludes halogenated alkanes) is 1. The van der Waals surface area contributed by atoms with E-state index in [9.17, 15) is 14.4 Å². The van der Waals surface area contributed by atoms with Gasteiger partial charge in [0.15, 0.2) is 0 Å². The number of nitrogens with zero attached hydrogens (tertiary/aromatic N) is 1. The average Bonchev–Trinajstić information content (AvgIpc) is 3.23. The Bertz CT molecular complexity index is 1000. The Hall–Kier alpha value is -3.28. The Balaban J connectivity index is 1.48. The van der Waals surface area contributed by atoms with Crippen molar-refractivity contribution in [1.82, 2.24) is 15.5 Å². The van der Waals surface area contributed by atoms with Crippen LogP contribution in [0.5, 0.6) is 0 Å². The van der Waals surface area contributed by atoms with Crippen molar-refractivity contribution >= 4 is 40.9 Å². The van der Waals surface area contributed by atoms with E-state index in [0.717, 1.165) is 25.0 Å². The summed E-state index contributed by atoms with van der Waals surface area (Å²) in [6.07, 6.45) is 2.95. The predicted molar refractivity (Wildman–Crippen MR) is 154 cm³/mol. The van der Waals surface area contributed by atoms with Gasteiger partial charge in [-0.3, -0.25) is 14.4 Å². The standard InChI is InChI=1S/C27H39N7O3S/c28-20-9-5-18(6-10-20)26(36)32-13-15-34(16-14-33-27(37)19-7-11-21(29)12-8-19)24(35)4-2-1-3-23-25(31)22(30)17-38-23/h5-12,22-23,25H,1-4,13-17,28-31H2,(H,32,36)(H,33,37). The number of hydrogen-bond donors (Lipinski definition) is 6. The van der Waals surface area contributed by atoms with E-state index in [1.807, 2.05) is 11.8 Å². The highest BCUT2D eigenvalue weighted by Crippen LogP contribution is 2.29. The van der Waals surface area contributed by atoms with Crippen LogP contribution in [0.2, 0.25) is 0 Å². The lowest BCUT2D eigenvalue weighted by atomic mass is 10.0. The van der Waals surface area contributed by atoms with E-state index in [0.29, 0.717) is 47.3 Å². The molecule has 11 heteroatoms. The van der Waals surface area contributed by atoms with E-state index >= 15 is 0 Å². The summed E-state index contributed by atoms with van der Waals surface area (Å²) in [6.45, 7) is 1.23. The van der Waals surface area contributed by atoms with Crippen LogP contribution < -0.4 is 33.6 Å². The molecule has 1 fully saturated rings. The molecular formula is C27H39N7O3S. The average molecular weight is 542 g/mol. The van der Waals surface area contributed by atoms with Gasteiger partial charge in [-0.05, 0) is 61.4 Å². The first-order valence-electron chi connectivity index (χ1n) is 12.9. The lowest BCUT2D eigenvalue weighted by Gasteiger charge is -2.23. The highest BCUT2D eigenvalue weighted by Gasteiger charge is 2.30. The molecule has 1 aliphatic rings. The van der Waals surface area contributed by atoms with Gasteiger partial charge in [-0.2, -0.15) is 11.8 Å². The maximum Gasteiger partial charge on any atom is 0.251 e. The smallest absolute Gasteiger partial charge is 0.251 e. The van der Waals surface area contributed by atoms with E-state index < -0.39 is 0 Å².